The Kier molecular flexibility index (Phi) is 14.8. The Morgan fingerprint density at radius 1 is 0.984 bits per heavy atom. The number of nitriles is 1. The molecule has 3 aromatic carbocycles. The molecule has 13 nitrogen and oxygen atoms in total. The van der Waals surface area contributed by atoms with Crippen LogP contribution in [0.15, 0.2) is 89.9 Å². The van der Waals surface area contributed by atoms with Crippen LogP contribution in [0.3, 0.4) is 0 Å². The van der Waals surface area contributed by atoms with E-state index in [0.717, 1.165) is 5.56 Å². The van der Waals surface area contributed by atoms with Gasteiger partial charge in [-0.2, -0.15) is 10.2 Å². The van der Waals surface area contributed by atoms with Crippen LogP contribution in [0.5, 0.6) is 11.5 Å². The number of benzene rings is 3. The zero-order valence-electron chi connectivity index (χ0n) is 37.0. The van der Waals surface area contributed by atoms with Crippen molar-refractivity contribution in [2.24, 2.45) is 5.92 Å². The number of aliphatic hydroxyl groups excluding tert-OH is 1. The van der Waals surface area contributed by atoms with Crippen molar-refractivity contribution in [3.63, 3.8) is 0 Å². The summed E-state index contributed by atoms with van der Waals surface area (Å²) in [5.74, 6) is 7.81. The molecule has 14 heteroatoms. The van der Waals surface area contributed by atoms with Gasteiger partial charge in [-0.05, 0) is 81.5 Å². The van der Waals surface area contributed by atoms with Gasteiger partial charge in [-0.25, -0.2) is 0 Å². The van der Waals surface area contributed by atoms with Crippen molar-refractivity contribution in [3.05, 3.63) is 118 Å². The highest BCUT2D eigenvalue weighted by molar-refractivity contribution is 7.51. The maximum Gasteiger partial charge on any atom is 0.263 e. The number of hydrogen-bond acceptors (Lipinski definition) is 11. The number of hydrogen-bond donors (Lipinski definition) is 4. The zero-order chi connectivity index (χ0) is 44.8. The van der Waals surface area contributed by atoms with Crippen molar-refractivity contribution in [1.29, 1.82) is 5.26 Å². The summed E-state index contributed by atoms with van der Waals surface area (Å²) < 4.78 is 29.0. The summed E-state index contributed by atoms with van der Waals surface area (Å²) in [6.45, 7) is 14.5. The number of rotatable bonds is 18. The van der Waals surface area contributed by atoms with Gasteiger partial charge in [-0.3, -0.25) is 14.4 Å². The average Bonchev–Trinajstić information content (AvgIpc) is 3.81. The molecule has 5 aromatic rings. The fourth-order valence-corrected chi connectivity index (χ4v) is 11.2. The molecule has 1 saturated heterocycles. The first-order valence-electron chi connectivity index (χ1n) is 21.0. The molecule has 4 N–H and O–H groups in total. The Labute approximate surface area is 365 Å². The monoisotopic (exact) mass is 862 g/mol. The summed E-state index contributed by atoms with van der Waals surface area (Å²) >= 11 is 0. The lowest BCUT2D eigenvalue weighted by atomic mass is 9.64. The third-order valence-corrected chi connectivity index (χ3v) is 14.1. The highest BCUT2D eigenvalue weighted by Crippen LogP contribution is 2.64. The predicted octanol–water partition coefficient (Wildman–Crippen LogP) is 7.91. The second-order valence-corrected chi connectivity index (χ2v) is 18.5. The Bertz CT molecular complexity index is 2380. The van der Waals surface area contributed by atoms with E-state index in [0.29, 0.717) is 40.4 Å². The Hall–Kier alpha value is -5.24. The third-order valence-electron chi connectivity index (χ3n) is 11.2. The molecule has 0 spiro atoms. The molecule has 5 atom stereocenters. The topological polar surface area (TPSA) is 167 Å². The van der Waals surface area contributed by atoms with Gasteiger partial charge in [-0.1, -0.05) is 74.4 Å². The molecule has 0 saturated carbocycles. The first kappa shape index (κ1) is 46.3. The van der Waals surface area contributed by atoms with Gasteiger partial charge in [-0.15, -0.1) is 5.92 Å². The lowest BCUT2D eigenvalue weighted by molar-refractivity contribution is -0.108. The molecular weight excluding hydrogens is 804 g/mol. The fourth-order valence-electron chi connectivity index (χ4n) is 8.59. The van der Waals surface area contributed by atoms with E-state index in [2.05, 4.69) is 46.7 Å². The van der Waals surface area contributed by atoms with Crippen molar-refractivity contribution in [2.75, 3.05) is 32.7 Å². The maximum atomic E-state index is 13.9. The van der Waals surface area contributed by atoms with Crippen LogP contribution >= 0.6 is 8.30 Å². The molecule has 6 rings (SSSR count). The highest BCUT2D eigenvalue weighted by Gasteiger charge is 2.63. The van der Waals surface area contributed by atoms with E-state index in [1.54, 1.807) is 31.9 Å². The van der Waals surface area contributed by atoms with Gasteiger partial charge in [0.1, 0.15) is 38.2 Å². The molecule has 2 aromatic heterocycles. The maximum absolute atomic E-state index is 13.9. The Balaban J connectivity index is 1.67. The standard InChI is InChI=1S/C48H59N6O7P/c1-10-15-34-30-53(44-41(34)45(56)52-46(51-44)50-29-31(2)3)40-28-47(57,62(60-27-14-26-49)54(32(4)5)33(6)7)43(61-40)42(55)48(35-16-12-11-13-17-35,36-18-22-38(58-8)23-19-36)37-20-24-39(59-9)25-21-37/h11-13,16-25,30-33,40,42-43,55,57H,14,27-29H2,1-9H3,(H2,50,51,52,56)/t40-,42?,43-,47-,62?/m1/s1. The summed E-state index contributed by atoms with van der Waals surface area (Å²) in [6, 6.07) is 26.7. The number of aromatic nitrogens is 3. The summed E-state index contributed by atoms with van der Waals surface area (Å²) in [5, 5.41) is 39.0. The number of methoxy groups -OCH3 is 2. The molecule has 0 radical (unpaired) electrons. The van der Waals surface area contributed by atoms with Crippen LogP contribution in [0.2, 0.25) is 0 Å². The number of nitrogens with one attached hydrogen (secondary N) is 2. The molecule has 3 heterocycles. The van der Waals surface area contributed by atoms with Crippen molar-refractivity contribution in [2.45, 2.75) is 103 Å². The number of aromatic amines is 1. The molecule has 2 unspecified atom stereocenters. The first-order chi connectivity index (χ1) is 29.7. The molecule has 1 fully saturated rings. The number of fused-ring (bicyclic) bond motifs is 1. The van der Waals surface area contributed by atoms with Gasteiger partial charge < -0.3 is 38.8 Å². The van der Waals surface area contributed by atoms with E-state index < -0.39 is 37.5 Å². The van der Waals surface area contributed by atoms with E-state index >= 15 is 0 Å². The quantitative estimate of drug-likeness (QED) is 0.0293. The molecule has 0 amide bonds. The summed E-state index contributed by atoms with van der Waals surface area (Å²) in [5.41, 5.74) is 1.13. The van der Waals surface area contributed by atoms with Gasteiger partial charge in [0, 0.05) is 31.2 Å². The second kappa shape index (κ2) is 19.9. The average molecular weight is 863 g/mol. The SMILES string of the molecule is CC#Cc1cn([C@H]2C[C@@](O)(P(OCCC#N)N(C(C)C)C(C)C)[C@@H](C(O)C(c3ccccc3)(c3ccc(OC)cc3)c3ccc(OC)cc3)O2)c2nc(NCC(C)C)[nH]c(=O)c12. The summed E-state index contributed by atoms with van der Waals surface area (Å²) in [4.78, 5) is 21.6. The van der Waals surface area contributed by atoms with Crippen LogP contribution in [0.25, 0.3) is 11.0 Å². The molecule has 1 aliphatic rings. The number of nitrogens with zero attached hydrogens (tertiary/aromatic N) is 4. The molecule has 62 heavy (non-hydrogen) atoms. The normalized spacial score (nSPS) is 18.8. The minimum Gasteiger partial charge on any atom is -0.497 e. The van der Waals surface area contributed by atoms with E-state index in [4.69, 9.17) is 23.7 Å². The van der Waals surface area contributed by atoms with E-state index in [1.807, 2.05) is 107 Å². The third kappa shape index (κ3) is 8.98. The predicted molar refractivity (Wildman–Crippen MR) is 243 cm³/mol. The van der Waals surface area contributed by atoms with Crippen molar-refractivity contribution < 1.29 is 28.9 Å². The van der Waals surface area contributed by atoms with Crippen molar-refractivity contribution >= 4 is 25.3 Å². The lowest BCUT2D eigenvalue weighted by Gasteiger charge is -2.49. The molecule has 0 aliphatic carbocycles. The zero-order valence-corrected chi connectivity index (χ0v) is 37.9. The van der Waals surface area contributed by atoms with Crippen LogP contribution < -0.4 is 20.3 Å². The van der Waals surface area contributed by atoms with E-state index in [1.165, 1.54) is 0 Å². The van der Waals surface area contributed by atoms with Crippen LogP contribution in [0.4, 0.5) is 5.95 Å². The van der Waals surface area contributed by atoms with Gasteiger partial charge >= 0.3 is 0 Å². The fraction of sp³-hybridized carbons (Fsp3) is 0.438. The second-order valence-electron chi connectivity index (χ2n) is 16.5. The smallest absolute Gasteiger partial charge is 0.263 e. The van der Waals surface area contributed by atoms with Gasteiger partial charge in [0.05, 0.1) is 49.7 Å². The van der Waals surface area contributed by atoms with Gasteiger partial charge in [0.25, 0.3) is 5.56 Å². The molecular formula is C48H59N6O7P. The first-order valence-corrected chi connectivity index (χ1v) is 22.3. The molecule has 0 bridgehead atoms. The largest absolute Gasteiger partial charge is 0.497 e. The van der Waals surface area contributed by atoms with Gasteiger partial charge in [0.2, 0.25) is 5.95 Å². The van der Waals surface area contributed by atoms with Crippen LogP contribution in [-0.2, 0) is 14.7 Å². The summed E-state index contributed by atoms with van der Waals surface area (Å²) in [7, 11) is 1.15. The number of aliphatic hydroxyl groups is 2. The van der Waals surface area contributed by atoms with Gasteiger partial charge in [0.15, 0.2) is 11.0 Å². The highest BCUT2D eigenvalue weighted by atomic mass is 31.2. The Morgan fingerprint density at radius 3 is 2.08 bits per heavy atom. The number of ether oxygens (including phenoxy) is 3. The van der Waals surface area contributed by atoms with Crippen LogP contribution in [0.1, 0.15) is 89.8 Å². The van der Waals surface area contributed by atoms with Crippen molar-refractivity contribution in [3.8, 4) is 29.4 Å². The Morgan fingerprint density at radius 2 is 1.56 bits per heavy atom. The van der Waals surface area contributed by atoms with Crippen LogP contribution in [-0.4, -0.2) is 86.4 Å². The molecule has 328 valence electrons. The number of H-pyrrole nitrogens is 1. The van der Waals surface area contributed by atoms with E-state index in [9.17, 15) is 20.3 Å². The minimum absolute atomic E-state index is 0.0409. The number of anilines is 1. The lowest BCUT2D eigenvalue weighted by Crippen LogP contribution is -2.57. The minimum atomic E-state index is -2.05. The van der Waals surface area contributed by atoms with Crippen LogP contribution in [0, 0.1) is 29.1 Å². The van der Waals surface area contributed by atoms with E-state index in [-0.39, 0.29) is 54.3 Å². The summed E-state index contributed by atoms with van der Waals surface area (Å²) in [6.07, 6.45) is -2.11. The molecule has 1 aliphatic heterocycles. The van der Waals surface area contributed by atoms with Crippen molar-refractivity contribution in [1.82, 2.24) is 19.2 Å².